The minimum atomic E-state index is -0.0559. The van der Waals surface area contributed by atoms with Crippen molar-refractivity contribution in [3.05, 3.63) is 52.6 Å². The number of pyridine rings is 2. The van der Waals surface area contributed by atoms with Crippen molar-refractivity contribution < 1.29 is 0 Å². The molecule has 0 fully saturated rings. The van der Waals surface area contributed by atoms with E-state index in [1.54, 1.807) is 6.20 Å². The lowest BCUT2D eigenvalue weighted by atomic mass is 10.1. The molecule has 6 heteroatoms. The second kappa shape index (κ2) is 4.63. The molecule has 2 N–H and O–H groups in total. The van der Waals surface area contributed by atoms with E-state index < -0.39 is 0 Å². The van der Waals surface area contributed by atoms with Crippen LogP contribution >= 0.6 is 11.3 Å². The van der Waals surface area contributed by atoms with Crippen LogP contribution in [0.2, 0.25) is 0 Å². The van der Waals surface area contributed by atoms with Crippen molar-refractivity contribution in [1.82, 2.24) is 15.3 Å². The Kier molecular flexibility index (Phi) is 2.57. The Morgan fingerprint density at radius 2 is 2.09 bits per heavy atom. The van der Waals surface area contributed by atoms with E-state index in [4.69, 9.17) is 0 Å². The molecule has 4 heterocycles. The summed E-state index contributed by atoms with van der Waals surface area (Å²) in [4.78, 5) is 24.2. The third-order valence-electron chi connectivity index (χ3n) is 4.14. The van der Waals surface area contributed by atoms with Gasteiger partial charge in [0.05, 0.1) is 18.3 Å². The zero-order chi connectivity index (χ0) is 15.4. The maximum Gasteiger partial charge on any atom is 0.266 e. The third-order valence-corrected chi connectivity index (χ3v) is 5.31. The van der Waals surface area contributed by atoms with Crippen molar-refractivity contribution in [3.8, 4) is 0 Å². The number of aliphatic imine (C=N–C) groups is 1. The Bertz CT molecular complexity index is 1170. The van der Waals surface area contributed by atoms with E-state index in [0.717, 1.165) is 55.7 Å². The van der Waals surface area contributed by atoms with Crippen molar-refractivity contribution in [3.63, 3.8) is 0 Å². The summed E-state index contributed by atoms with van der Waals surface area (Å²) in [5.74, 6) is 0.825. The van der Waals surface area contributed by atoms with Gasteiger partial charge in [0.2, 0.25) is 0 Å². The maximum absolute atomic E-state index is 12.4. The van der Waals surface area contributed by atoms with E-state index in [1.807, 2.05) is 18.2 Å². The molecule has 1 aromatic carbocycles. The van der Waals surface area contributed by atoms with Gasteiger partial charge in [-0.05, 0) is 12.1 Å². The van der Waals surface area contributed by atoms with E-state index in [2.05, 4.69) is 32.4 Å². The lowest BCUT2D eigenvalue weighted by Crippen LogP contribution is -2.20. The Morgan fingerprint density at radius 3 is 2.96 bits per heavy atom. The van der Waals surface area contributed by atoms with Crippen LogP contribution in [0, 0.1) is 0 Å². The molecule has 23 heavy (non-hydrogen) atoms. The summed E-state index contributed by atoms with van der Waals surface area (Å²) >= 11 is 1.53. The lowest BCUT2D eigenvalue weighted by molar-refractivity contribution is 0.958. The summed E-state index contributed by atoms with van der Waals surface area (Å²) in [7, 11) is 0. The lowest BCUT2D eigenvalue weighted by Gasteiger charge is -2.05. The first-order valence-electron chi connectivity index (χ1n) is 7.43. The molecular formula is C17H12N4OS. The van der Waals surface area contributed by atoms with Gasteiger partial charge < -0.3 is 10.3 Å². The van der Waals surface area contributed by atoms with Crippen molar-refractivity contribution in [2.45, 2.75) is 0 Å². The fourth-order valence-corrected chi connectivity index (χ4v) is 4.22. The minimum absolute atomic E-state index is 0.0559. The predicted molar refractivity (Wildman–Crippen MR) is 94.7 cm³/mol. The highest BCUT2D eigenvalue weighted by atomic mass is 32.1. The molecule has 0 saturated carbocycles. The molecule has 1 aliphatic heterocycles. The summed E-state index contributed by atoms with van der Waals surface area (Å²) in [6.45, 7) is 1.62. The number of hydrogen-bond acceptors (Lipinski definition) is 5. The van der Waals surface area contributed by atoms with E-state index >= 15 is 0 Å². The number of amidine groups is 1. The zero-order valence-electron chi connectivity index (χ0n) is 12.1. The van der Waals surface area contributed by atoms with Crippen LogP contribution in [-0.4, -0.2) is 28.9 Å². The van der Waals surface area contributed by atoms with Crippen molar-refractivity contribution in [2.24, 2.45) is 4.99 Å². The number of nitrogens with zero attached hydrogens (tertiary/aromatic N) is 2. The van der Waals surface area contributed by atoms with Crippen molar-refractivity contribution in [2.75, 3.05) is 13.1 Å². The standard InChI is InChI=1S/C17H12N4OS/c22-17-15-14(9-3-1-2-4-13(9)23-15)10-7-11(16-18-5-6-19-16)20-8-12(10)21-17/h1-4,7-8H,5-6H2,(H,18,19)(H,21,22). The average molecular weight is 320 g/mol. The Morgan fingerprint density at radius 1 is 1.17 bits per heavy atom. The SMILES string of the molecule is O=c1[nH]c2cnc(C3=NCCN3)cc2c2c1sc1ccccc12. The smallest absolute Gasteiger partial charge is 0.266 e. The van der Waals surface area contributed by atoms with Gasteiger partial charge in [0.15, 0.2) is 0 Å². The van der Waals surface area contributed by atoms with E-state index in [1.165, 1.54) is 11.3 Å². The highest BCUT2D eigenvalue weighted by molar-refractivity contribution is 7.25. The number of nitrogens with one attached hydrogen (secondary N) is 2. The second-order valence-corrected chi connectivity index (χ2v) is 6.58. The van der Waals surface area contributed by atoms with Gasteiger partial charge in [-0.2, -0.15) is 0 Å². The molecule has 0 atom stereocenters. The summed E-state index contributed by atoms with van der Waals surface area (Å²) < 4.78 is 1.88. The van der Waals surface area contributed by atoms with Gasteiger partial charge in [-0.25, -0.2) is 0 Å². The largest absolute Gasteiger partial charge is 0.367 e. The predicted octanol–water partition coefficient (Wildman–Crippen LogP) is 2.64. The van der Waals surface area contributed by atoms with E-state index in [9.17, 15) is 4.79 Å². The van der Waals surface area contributed by atoms with Crippen LogP contribution in [0.1, 0.15) is 5.69 Å². The topological polar surface area (TPSA) is 70.1 Å². The van der Waals surface area contributed by atoms with Gasteiger partial charge in [0.1, 0.15) is 16.2 Å². The average Bonchev–Trinajstić information content (AvgIpc) is 3.23. The molecule has 0 spiro atoms. The van der Waals surface area contributed by atoms with Crippen LogP contribution in [0.3, 0.4) is 0 Å². The highest BCUT2D eigenvalue weighted by Gasteiger charge is 2.15. The molecule has 112 valence electrons. The molecular weight excluding hydrogens is 308 g/mol. The quantitative estimate of drug-likeness (QED) is 0.566. The summed E-state index contributed by atoms with van der Waals surface area (Å²) in [6, 6.07) is 10.1. The van der Waals surface area contributed by atoms with E-state index in [-0.39, 0.29) is 5.56 Å². The van der Waals surface area contributed by atoms with Crippen LogP contribution in [0.5, 0.6) is 0 Å². The molecule has 0 unspecified atom stereocenters. The number of H-pyrrole nitrogens is 1. The highest BCUT2D eigenvalue weighted by Crippen LogP contribution is 2.35. The number of fused-ring (bicyclic) bond motifs is 5. The Balaban J connectivity index is 1.96. The molecule has 0 radical (unpaired) electrons. The number of aromatic nitrogens is 2. The molecule has 1 aliphatic rings. The number of thiophene rings is 1. The van der Waals surface area contributed by atoms with E-state index in [0.29, 0.717) is 0 Å². The van der Waals surface area contributed by atoms with Crippen LogP contribution in [0.4, 0.5) is 0 Å². The van der Waals surface area contributed by atoms with Gasteiger partial charge in [0.25, 0.3) is 5.56 Å². The maximum atomic E-state index is 12.4. The number of benzene rings is 1. The first kappa shape index (κ1) is 12.8. The van der Waals surface area contributed by atoms with Crippen LogP contribution in [0.25, 0.3) is 31.1 Å². The van der Waals surface area contributed by atoms with Crippen molar-refractivity contribution in [1.29, 1.82) is 0 Å². The van der Waals surface area contributed by atoms with Crippen molar-refractivity contribution >= 4 is 48.2 Å². The van der Waals surface area contributed by atoms with Crippen LogP contribution in [0.15, 0.2) is 46.3 Å². The van der Waals surface area contributed by atoms with Gasteiger partial charge in [-0.3, -0.25) is 14.8 Å². The normalized spacial score (nSPS) is 14.5. The minimum Gasteiger partial charge on any atom is -0.367 e. The molecule has 3 aromatic heterocycles. The summed E-state index contributed by atoms with van der Waals surface area (Å²) in [5.41, 5.74) is 1.52. The monoisotopic (exact) mass is 320 g/mol. The van der Waals surface area contributed by atoms with Gasteiger partial charge in [-0.1, -0.05) is 18.2 Å². The van der Waals surface area contributed by atoms with Gasteiger partial charge in [0, 0.05) is 27.4 Å². The Hall–Kier alpha value is -2.73. The molecule has 0 bridgehead atoms. The summed E-state index contributed by atoms with van der Waals surface area (Å²) in [5, 5.41) is 6.38. The van der Waals surface area contributed by atoms with Crippen LogP contribution in [-0.2, 0) is 0 Å². The summed E-state index contributed by atoms with van der Waals surface area (Å²) in [6.07, 6.45) is 1.72. The third kappa shape index (κ3) is 1.82. The molecule has 5 nitrogen and oxygen atoms in total. The second-order valence-electron chi connectivity index (χ2n) is 5.53. The number of aromatic amines is 1. The molecule has 5 rings (SSSR count). The van der Waals surface area contributed by atoms with Crippen LogP contribution < -0.4 is 10.9 Å². The van der Waals surface area contributed by atoms with Gasteiger partial charge in [-0.15, -0.1) is 11.3 Å². The molecule has 0 amide bonds. The fraction of sp³-hybridized carbons (Fsp3) is 0.118. The fourth-order valence-electron chi connectivity index (χ4n) is 3.11. The number of hydrogen-bond donors (Lipinski definition) is 2. The molecule has 0 aliphatic carbocycles. The number of rotatable bonds is 1. The first-order valence-corrected chi connectivity index (χ1v) is 8.25. The van der Waals surface area contributed by atoms with Gasteiger partial charge >= 0.3 is 0 Å². The Labute approximate surface area is 134 Å². The zero-order valence-corrected chi connectivity index (χ0v) is 12.9. The molecule has 4 aromatic rings. The molecule has 0 saturated heterocycles. The first-order chi connectivity index (χ1) is 11.3.